The van der Waals surface area contributed by atoms with Crippen LogP contribution in [-0.4, -0.2) is 79.0 Å². The predicted molar refractivity (Wildman–Crippen MR) is 138 cm³/mol. The van der Waals surface area contributed by atoms with Gasteiger partial charge in [0.2, 0.25) is 11.8 Å². The van der Waals surface area contributed by atoms with Gasteiger partial charge in [-0.05, 0) is 69.0 Å². The number of likely N-dealkylation sites (tertiary alicyclic amines) is 1. The standard InChI is InChI=1S/C28H36N4O5/c33-27(19-3-7-24-25(15-19)36-14-13-35-24)23(18-31-10-1-2-11-31)30-28(34)20-9-12-32(17-20)21-4-8-26(29-16-21)37-22-5-6-22/h3-4,7-8,15-16,20,22-23,27,33H,1-2,5-6,9-14,17-18H2,(H,30,34)/t20-,23-,27-/m1/s1. The first-order valence-corrected chi connectivity index (χ1v) is 13.6. The van der Waals surface area contributed by atoms with Crippen molar-refractivity contribution in [2.75, 3.05) is 50.8 Å². The fourth-order valence-corrected chi connectivity index (χ4v) is 5.44. The topological polar surface area (TPSA) is 96.4 Å². The number of hydrogen-bond donors (Lipinski definition) is 2. The number of fused-ring (bicyclic) bond motifs is 1. The normalized spacial score (nSPS) is 23.1. The number of aliphatic hydroxyl groups is 1. The van der Waals surface area contributed by atoms with E-state index in [0.717, 1.165) is 63.0 Å². The lowest BCUT2D eigenvalue weighted by molar-refractivity contribution is -0.126. The van der Waals surface area contributed by atoms with Gasteiger partial charge in [0.15, 0.2) is 11.5 Å². The molecule has 1 aliphatic carbocycles. The Morgan fingerprint density at radius 3 is 2.65 bits per heavy atom. The van der Waals surface area contributed by atoms with Gasteiger partial charge >= 0.3 is 0 Å². The summed E-state index contributed by atoms with van der Waals surface area (Å²) in [5.41, 5.74) is 1.73. The summed E-state index contributed by atoms with van der Waals surface area (Å²) >= 11 is 0. The summed E-state index contributed by atoms with van der Waals surface area (Å²) in [6, 6.07) is 9.06. The highest BCUT2D eigenvalue weighted by atomic mass is 16.6. The largest absolute Gasteiger partial charge is 0.486 e. The summed E-state index contributed by atoms with van der Waals surface area (Å²) < 4.78 is 17.1. The second kappa shape index (κ2) is 10.8. The molecule has 4 aliphatic rings. The zero-order valence-electron chi connectivity index (χ0n) is 21.2. The van der Waals surface area contributed by atoms with Crippen LogP contribution in [0, 0.1) is 5.92 Å². The van der Waals surface area contributed by atoms with Crippen LogP contribution in [0.15, 0.2) is 36.5 Å². The van der Waals surface area contributed by atoms with Crippen LogP contribution in [0.5, 0.6) is 17.4 Å². The van der Waals surface area contributed by atoms with Crippen molar-refractivity contribution in [3.63, 3.8) is 0 Å². The highest BCUT2D eigenvalue weighted by Gasteiger charge is 2.33. The Morgan fingerprint density at radius 1 is 1.08 bits per heavy atom. The molecule has 1 aromatic heterocycles. The quantitative estimate of drug-likeness (QED) is 0.534. The van der Waals surface area contributed by atoms with Gasteiger partial charge in [-0.2, -0.15) is 0 Å². The average molecular weight is 509 g/mol. The van der Waals surface area contributed by atoms with Crippen molar-refractivity contribution in [1.29, 1.82) is 0 Å². The Labute approximate surface area is 217 Å². The molecule has 2 N–H and O–H groups in total. The van der Waals surface area contributed by atoms with Crippen LogP contribution >= 0.6 is 0 Å². The summed E-state index contributed by atoms with van der Waals surface area (Å²) in [4.78, 5) is 22.4. The zero-order valence-corrected chi connectivity index (χ0v) is 21.2. The van der Waals surface area contributed by atoms with Gasteiger partial charge in [-0.1, -0.05) is 6.07 Å². The number of aromatic nitrogens is 1. The number of ether oxygens (including phenoxy) is 3. The minimum absolute atomic E-state index is 0.00932. The monoisotopic (exact) mass is 508 g/mol. The highest BCUT2D eigenvalue weighted by Crippen LogP contribution is 2.34. The first-order valence-electron chi connectivity index (χ1n) is 13.6. The lowest BCUT2D eigenvalue weighted by Gasteiger charge is -2.30. The number of anilines is 1. The molecule has 6 rings (SSSR count). The number of rotatable bonds is 9. The lowest BCUT2D eigenvalue weighted by atomic mass is 9.99. The zero-order chi connectivity index (χ0) is 25.2. The maximum atomic E-state index is 13.4. The van der Waals surface area contributed by atoms with Crippen LogP contribution < -0.4 is 24.4 Å². The molecule has 0 radical (unpaired) electrons. The van der Waals surface area contributed by atoms with Crippen molar-refractivity contribution >= 4 is 11.6 Å². The molecular formula is C28H36N4O5. The third-order valence-electron chi connectivity index (χ3n) is 7.73. The molecule has 2 aromatic rings. The number of pyridine rings is 1. The summed E-state index contributed by atoms with van der Waals surface area (Å²) in [6.45, 7) is 5.04. The van der Waals surface area contributed by atoms with Crippen molar-refractivity contribution in [3.05, 3.63) is 42.1 Å². The van der Waals surface area contributed by atoms with E-state index in [9.17, 15) is 9.90 Å². The third-order valence-corrected chi connectivity index (χ3v) is 7.73. The molecule has 1 amide bonds. The minimum Gasteiger partial charge on any atom is -0.486 e. The summed E-state index contributed by atoms with van der Waals surface area (Å²) in [5, 5.41) is 14.6. The summed E-state index contributed by atoms with van der Waals surface area (Å²) in [6.07, 6.45) is 6.59. The molecule has 3 fully saturated rings. The number of carbonyl (C=O) groups excluding carboxylic acids is 1. The molecule has 1 aromatic carbocycles. The molecule has 3 atom stereocenters. The van der Waals surface area contributed by atoms with Crippen molar-refractivity contribution < 1.29 is 24.1 Å². The lowest BCUT2D eigenvalue weighted by Crippen LogP contribution is -2.48. The van der Waals surface area contributed by atoms with Gasteiger partial charge in [-0.25, -0.2) is 4.98 Å². The number of benzene rings is 1. The van der Waals surface area contributed by atoms with Crippen LogP contribution in [0.2, 0.25) is 0 Å². The fraction of sp³-hybridized carbons (Fsp3) is 0.571. The first-order chi connectivity index (χ1) is 18.1. The van der Waals surface area contributed by atoms with E-state index in [2.05, 4.69) is 20.1 Å². The number of amides is 1. The van der Waals surface area contributed by atoms with Crippen LogP contribution in [0.1, 0.15) is 43.8 Å². The Kier molecular flexibility index (Phi) is 7.06. The third kappa shape index (κ3) is 5.78. The molecule has 1 saturated carbocycles. The Hall–Kier alpha value is -3.04. The van der Waals surface area contributed by atoms with E-state index >= 15 is 0 Å². The summed E-state index contributed by atoms with van der Waals surface area (Å²) in [7, 11) is 0. The Bertz CT molecular complexity index is 1090. The molecule has 0 spiro atoms. The average Bonchev–Trinajstić information content (AvgIpc) is 3.37. The van der Waals surface area contributed by atoms with E-state index in [0.29, 0.717) is 49.8 Å². The van der Waals surface area contributed by atoms with Crippen LogP contribution in [0.25, 0.3) is 0 Å². The Balaban J connectivity index is 1.11. The SMILES string of the molecule is O=C(N[C@H](CN1CCCC1)[C@H](O)c1ccc2c(c1)OCCO2)[C@@H]1CCN(c2ccc(OC3CC3)nc2)C1. The van der Waals surface area contributed by atoms with E-state index in [4.69, 9.17) is 14.2 Å². The molecule has 9 heteroatoms. The molecule has 0 unspecified atom stereocenters. The molecule has 9 nitrogen and oxygen atoms in total. The second-order valence-corrected chi connectivity index (χ2v) is 10.6. The minimum atomic E-state index is -0.846. The van der Waals surface area contributed by atoms with Crippen molar-refractivity contribution in [3.8, 4) is 17.4 Å². The Morgan fingerprint density at radius 2 is 1.89 bits per heavy atom. The van der Waals surface area contributed by atoms with Crippen LogP contribution in [-0.2, 0) is 4.79 Å². The van der Waals surface area contributed by atoms with Gasteiger partial charge < -0.3 is 34.4 Å². The molecular weight excluding hydrogens is 472 g/mol. The first kappa shape index (κ1) is 24.3. The van der Waals surface area contributed by atoms with Gasteiger partial charge in [-0.3, -0.25) is 4.79 Å². The fourth-order valence-electron chi connectivity index (χ4n) is 5.44. The molecule has 37 heavy (non-hydrogen) atoms. The van der Waals surface area contributed by atoms with E-state index in [1.54, 1.807) is 0 Å². The van der Waals surface area contributed by atoms with Gasteiger partial charge in [-0.15, -0.1) is 0 Å². The molecule has 3 aliphatic heterocycles. The number of nitrogens with one attached hydrogen (secondary N) is 1. The van der Waals surface area contributed by atoms with Crippen molar-refractivity contribution in [2.24, 2.45) is 5.92 Å². The van der Waals surface area contributed by atoms with Crippen molar-refractivity contribution in [2.45, 2.75) is 50.4 Å². The van der Waals surface area contributed by atoms with E-state index in [1.807, 2.05) is 36.5 Å². The number of nitrogens with zero attached hydrogens (tertiary/aromatic N) is 3. The molecule has 0 bridgehead atoms. The van der Waals surface area contributed by atoms with Crippen LogP contribution in [0.3, 0.4) is 0 Å². The van der Waals surface area contributed by atoms with E-state index < -0.39 is 12.1 Å². The van der Waals surface area contributed by atoms with E-state index in [1.165, 1.54) is 0 Å². The maximum absolute atomic E-state index is 13.4. The second-order valence-electron chi connectivity index (χ2n) is 10.6. The van der Waals surface area contributed by atoms with E-state index in [-0.39, 0.29) is 11.8 Å². The van der Waals surface area contributed by atoms with Gasteiger partial charge in [0.1, 0.15) is 25.4 Å². The van der Waals surface area contributed by atoms with Gasteiger partial charge in [0.25, 0.3) is 0 Å². The number of carbonyl (C=O) groups is 1. The molecule has 2 saturated heterocycles. The number of hydrogen-bond acceptors (Lipinski definition) is 8. The molecule has 4 heterocycles. The maximum Gasteiger partial charge on any atom is 0.225 e. The predicted octanol–water partition coefficient (Wildman–Crippen LogP) is 2.53. The summed E-state index contributed by atoms with van der Waals surface area (Å²) in [5.74, 6) is 1.84. The number of aliphatic hydroxyl groups excluding tert-OH is 1. The highest BCUT2D eigenvalue weighted by molar-refractivity contribution is 5.80. The smallest absolute Gasteiger partial charge is 0.225 e. The van der Waals surface area contributed by atoms with Gasteiger partial charge in [0, 0.05) is 25.7 Å². The van der Waals surface area contributed by atoms with Crippen LogP contribution in [0.4, 0.5) is 5.69 Å². The van der Waals surface area contributed by atoms with Gasteiger partial charge in [0.05, 0.1) is 23.8 Å². The molecule has 198 valence electrons. The van der Waals surface area contributed by atoms with Crippen molar-refractivity contribution in [1.82, 2.24) is 15.2 Å².